The zero-order valence-corrected chi connectivity index (χ0v) is 13.2. The molecule has 2 aromatic heterocycles. The minimum atomic E-state index is 0.903. The molecule has 0 saturated heterocycles. The lowest BCUT2D eigenvalue weighted by molar-refractivity contribution is 1.08. The fraction of sp³-hybridized carbons (Fsp3) is 0.111. The molecule has 0 aliphatic carbocycles. The maximum atomic E-state index is 4.66. The standard InChI is InChI=1S/C18H15N3S/c1-11-9-10-19-16-13(11)8-7-12(2)17(16)22-18-20-14-5-3-4-6-15(14)21-18/h3-10H,1-2H3,(H,20,21). The molecule has 1 N–H and O–H groups in total. The highest BCUT2D eigenvalue weighted by molar-refractivity contribution is 7.99. The molecule has 22 heavy (non-hydrogen) atoms. The summed E-state index contributed by atoms with van der Waals surface area (Å²) in [6, 6.07) is 14.4. The number of aryl methyl sites for hydroxylation is 2. The van der Waals surface area contributed by atoms with Crippen LogP contribution >= 0.6 is 11.8 Å². The van der Waals surface area contributed by atoms with Crippen molar-refractivity contribution in [1.29, 1.82) is 0 Å². The molecule has 0 aliphatic heterocycles. The molecule has 4 rings (SSSR count). The summed E-state index contributed by atoms with van der Waals surface area (Å²) in [5, 5.41) is 2.10. The summed E-state index contributed by atoms with van der Waals surface area (Å²) in [5.41, 5.74) is 5.57. The molecule has 0 atom stereocenters. The molecule has 0 saturated carbocycles. The highest BCUT2D eigenvalue weighted by Crippen LogP contribution is 2.35. The first-order valence-corrected chi connectivity index (χ1v) is 8.01. The van der Waals surface area contributed by atoms with Gasteiger partial charge in [0.1, 0.15) is 0 Å². The Morgan fingerprint density at radius 2 is 1.82 bits per heavy atom. The Bertz CT molecular complexity index is 955. The second-order valence-electron chi connectivity index (χ2n) is 5.40. The van der Waals surface area contributed by atoms with Crippen LogP contribution in [0.25, 0.3) is 21.9 Å². The van der Waals surface area contributed by atoms with Crippen molar-refractivity contribution >= 4 is 33.7 Å². The Labute approximate surface area is 132 Å². The van der Waals surface area contributed by atoms with Gasteiger partial charge in [-0.1, -0.05) is 24.3 Å². The highest BCUT2D eigenvalue weighted by atomic mass is 32.2. The summed E-state index contributed by atoms with van der Waals surface area (Å²) >= 11 is 1.65. The van der Waals surface area contributed by atoms with E-state index >= 15 is 0 Å². The van der Waals surface area contributed by atoms with Crippen molar-refractivity contribution in [1.82, 2.24) is 15.0 Å². The van der Waals surface area contributed by atoms with Crippen molar-refractivity contribution in [3.05, 3.63) is 59.8 Å². The number of rotatable bonds is 2. The minimum Gasteiger partial charge on any atom is -0.333 e. The second-order valence-corrected chi connectivity index (χ2v) is 6.40. The summed E-state index contributed by atoms with van der Waals surface area (Å²) in [7, 11) is 0. The summed E-state index contributed by atoms with van der Waals surface area (Å²) in [5.74, 6) is 0. The van der Waals surface area contributed by atoms with Crippen LogP contribution in [0.3, 0.4) is 0 Å². The first-order chi connectivity index (χ1) is 10.7. The van der Waals surface area contributed by atoms with Crippen LogP contribution in [0.2, 0.25) is 0 Å². The molecular weight excluding hydrogens is 290 g/mol. The lowest BCUT2D eigenvalue weighted by atomic mass is 10.1. The van der Waals surface area contributed by atoms with Gasteiger partial charge in [0.2, 0.25) is 0 Å². The first-order valence-electron chi connectivity index (χ1n) is 7.20. The third-order valence-electron chi connectivity index (χ3n) is 3.85. The van der Waals surface area contributed by atoms with Crippen LogP contribution in [-0.2, 0) is 0 Å². The van der Waals surface area contributed by atoms with Crippen molar-refractivity contribution in [3.8, 4) is 0 Å². The Hall–Kier alpha value is -2.33. The largest absolute Gasteiger partial charge is 0.333 e. The maximum absolute atomic E-state index is 4.66. The normalized spacial score (nSPS) is 11.4. The number of nitrogens with one attached hydrogen (secondary N) is 1. The molecule has 0 spiro atoms. The molecular formula is C18H15N3S. The lowest BCUT2D eigenvalue weighted by Crippen LogP contribution is -1.89. The molecule has 4 aromatic rings. The van der Waals surface area contributed by atoms with Crippen molar-refractivity contribution in [2.75, 3.05) is 0 Å². The Kier molecular flexibility index (Phi) is 3.12. The third kappa shape index (κ3) is 2.16. The van der Waals surface area contributed by atoms with Gasteiger partial charge >= 0.3 is 0 Å². The summed E-state index contributed by atoms with van der Waals surface area (Å²) < 4.78 is 0. The molecule has 0 aliphatic rings. The predicted molar refractivity (Wildman–Crippen MR) is 91.4 cm³/mol. The van der Waals surface area contributed by atoms with Gasteiger partial charge in [-0.25, -0.2) is 4.98 Å². The van der Waals surface area contributed by atoms with Crippen LogP contribution in [0.5, 0.6) is 0 Å². The van der Waals surface area contributed by atoms with Crippen molar-refractivity contribution in [2.45, 2.75) is 23.9 Å². The number of aromatic nitrogens is 3. The smallest absolute Gasteiger partial charge is 0.171 e. The third-order valence-corrected chi connectivity index (χ3v) is 4.95. The SMILES string of the molecule is Cc1ccc2c(C)ccnc2c1Sc1nc2ccccc2[nH]1. The van der Waals surface area contributed by atoms with Gasteiger partial charge in [-0.2, -0.15) is 0 Å². The Morgan fingerprint density at radius 3 is 2.68 bits per heavy atom. The number of hydrogen-bond donors (Lipinski definition) is 1. The van der Waals surface area contributed by atoms with Gasteiger partial charge in [-0.15, -0.1) is 0 Å². The van der Waals surface area contributed by atoms with Gasteiger partial charge in [0.15, 0.2) is 5.16 Å². The van der Waals surface area contributed by atoms with E-state index < -0.39 is 0 Å². The van der Waals surface area contributed by atoms with Crippen molar-refractivity contribution < 1.29 is 0 Å². The summed E-state index contributed by atoms with van der Waals surface area (Å²) in [4.78, 5) is 13.8. The summed E-state index contributed by atoms with van der Waals surface area (Å²) in [6.45, 7) is 4.24. The molecule has 108 valence electrons. The second kappa shape index (κ2) is 5.14. The topological polar surface area (TPSA) is 41.6 Å². The first kappa shape index (κ1) is 13.3. The predicted octanol–water partition coefficient (Wildman–Crippen LogP) is 4.88. The van der Waals surface area contributed by atoms with E-state index in [1.165, 1.54) is 21.4 Å². The minimum absolute atomic E-state index is 0.903. The van der Waals surface area contributed by atoms with Gasteiger partial charge in [-0.05, 0) is 54.9 Å². The van der Waals surface area contributed by atoms with Crippen LogP contribution in [-0.4, -0.2) is 15.0 Å². The number of hydrogen-bond acceptors (Lipinski definition) is 3. The molecule has 0 fully saturated rings. The molecule has 3 nitrogen and oxygen atoms in total. The van der Waals surface area contributed by atoms with Crippen molar-refractivity contribution in [3.63, 3.8) is 0 Å². The van der Waals surface area contributed by atoms with E-state index in [4.69, 9.17) is 0 Å². The number of aromatic amines is 1. The Morgan fingerprint density at radius 1 is 0.955 bits per heavy atom. The number of pyridine rings is 1. The van der Waals surface area contributed by atoms with E-state index in [1.54, 1.807) is 11.8 Å². The van der Waals surface area contributed by atoms with Gasteiger partial charge in [-0.3, -0.25) is 4.98 Å². The quantitative estimate of drug-likeness (QED) is 0.574. The number of H-pyrrole nitrogens is 1. The molecule has 4 heteroatoms. The number of para-hydroxylation sites is 2. The fourth-order valence-electron chi connectivity index (χ4n) is 2.64. The molecule has 2 aromatic carbocycles. The zero-order chi connectivity index (χ0) is 15.1. The Balaban J connectivity index is 1.87. The average molecular weight is 305 g/mol. The van der Waals surface area contributed by atoms with Crippen LogP contribution in [0.1, 0.15) is 11.1 Å². The van der Waals surface area contributed by atoms with Crippen molar-refractivity contribution in [2.24, 2.45) is 0 Å². The van der Waals surface area contributed by atoms with Crippen LogP contribution in [0.4, 0.5) is 0 Å². The number of benzene rings is 2. The molecule has 0 bridgehead atoms. The van der Waals surface area contributed by atoms with Gasteiger partial charge in [0.05, 0.1) is 16.6 Å². The van der Waals surface area contributed by atoms with E-state index in [1.807, 2.05) is 36.5 Å². The fourth-order valence-corrected chi connectivity index (χ4v) is 3.62. The van der Waals surface area contributed by atoms with Gasteiger partial charge in [0, 0.05) is 16.5 Å². The van der Waals surface area contributed by atoms with Gasteiger partial charge < -0.3 is 4.98 Å². The van der Waals surface area contributed by atoms with Crippen LogP contribution in [0, 0.1) is 13.8 Å². The number of nitrogens with zero attached hydrogens (tertiary/aromatic N) is 2. The molecule has 0 radical (unpaired) electrons. The number of imidazole rings is 1. The van der Waals surface area contributed by atoms with E-state index in [0.717, 1.165) is 21.7 Å². The lowest BCUT2D eigenvalue weighted by Gasteiger charge is -2.09. The van der Waals surface area contributed by atoms with E-state index in [2.05, 4.69) is 40.9 Å². The average Bonchev–Trinajstić information content (AvgIpc) is 2.93. The number of fused-ring (bicyclic) bond motifs is 2. The van der Waals surface area contributed by atoms with E-state index in [-0.39, 0.29) is 0 Å². The van der Waals surface area contributed by atoms with Crippen LogP contribution in [0.15, 0.2) is 58.7 Å². The molecule has 0 unspecified atom stereocenters. The van der Waals surface area contributed by atoms with E-state index in [0.29, 0.717) is 0 Å². The van der Waals surface area contributed by atoms with E-state index in [9.17, 15) is 0 Å². The van der Waals surface area contributed by atoms with Crippen LogP contribution < -0.4 is 0 Å². The summed E-state index contributed by atoms with van der Waals surface area (Å²) in [6.07, 6.45) is 1.87. The highest BCUT2D eigenvalue weighted by Gasteiger charge is 2.11. The van der Waals surface area contributed by atoms with Gasteiger partial charge in [0.25, 0.3) is 0 Å². The monoisotopic (exact) mass is 305 g/mol. The maximum Gasteiger partial charge on any atom is 0.171 e. The zero-order valence-electron chi connectivity index (χ0n) is 12.4. The molecule has 2 heterocycles. The molecule has 0 amide bonds.